The van der Waals surface area contributed by atoms with Gasteiger partial charge in [0.15, 0.2) is 0 Å². The van der Waals surface area contributed by atoms with Crippen LogP contribution in [-0.4, -0.2) is 70.9 Å². The van der Waals surface area contributed by atoms with E-state index in [0.717, 1.165) is 13.1 Å². The fourth-order valence-corrected chi connectivity index (χ4v) is 2.97. The van der Waals surface area contributed by atoms with Crippen molar-refractivity contribution in [3.8, 4) is 0 Å². The highest BCUT2D eigenvalue weighted by molar-refractivity contribution is 5.94. The zero-order valence-corrected chi connectivity index (χ0v) is 13.9. The SMILES string of the molecule is CC1(C)CN(C(=O)c2cnc(N3CCOCC3)nc2)C[C@]1(C)O. The normalized spacial score (nSPS) is 27.3. The van der Waals surface area contributed by atoms with Gasteiger partial charge in [-0.05, 0) is 6.92 Å². The van der Waals surface area contributed by atoms with Gasteiger partial charge < -0.3 is 19.6 Å². The fraction of sp³-hybridized carbons (Fsp3) is 0.688. The van der Waals surface area contributed by atoms with Crippen molar-refractivity contribution in [2.45, 2.75) is 26.4 Å². The van der Waals surface area contributed by atoms with Crippen LogP contribution < -0.4 is 4.90 Å². The molecule has 126 valence electrons. The number of β-amino-alcohol motifs (C(OH)–C–C–N with tert-alkyl or cyclic N) is 1. The molecular weight excluding hydrogens is 296 g/mol. The molecular formula is C16H24N4O3. The summed E-state index contributed by atoms with van der Waals surface area (Å²) in [6, 6.07) is 0. The summed E-state index contributed by atoms with van der Waals surface area (Å²) in [7, 11) is 0. The van der Waals surface area contributed by atoms with Gasteiger partial charge in [-0.3, -0.25) is 4.79 Å². The van der Waals surface area contributed by atoms with E-state index in [1.165, 1.54) is 0 Å². The number of likely N-dealkylation sites (tertiary alicyclic amines) is 1. The minimum absolute atomic E-state index is 0.135. The van der Waals surface area contributed by atoms with Gasteiger partial charge in [-0.15, -0.1) is 0 Å². The predicted molar refractivity (Wildman–Crippen MR) is 85.4 cm³/mol. The number of amides is 1. The van der Waals surface area contributed by atoms with Gasteiger partial charge in [0, 0.05) is 37.4 Å². The molecule has 1 atom stereocenters. The fourth-order valence-electron chi connectivity index (χ4n) is 2.97. The zero-order chi connectivity index (χ0) is 16.7. The van der Waals surface area contributed by atoms with E-state index < -0.39 is 5.60 Å². The number of carbonyl (C=O) groups is 1. The van der Waals surface area contributed by atoms with Crippen molar-refractivity contribution in [2.75, 3.05) is 44.3 Å². The third-order valence-electron chi connectivity index (χ3n) is 5.01. The van der Waals surface area contributed by atoms with Crippen molar-refractivity contribution in [2.24, 2.45) is 5.41 Å². The third-order valence-corrected chi connectivity index (χ3v) is 5.01. The monoisotopic (exact) mass is 320 g/mol. The Morgan fingerprint density at radius 1 is 1.17 bits per heavy atom. The van der Waals surface area contributed by atoms with Crippen molar-refractivity contribution in [3.05, 3.63) is 18.0 Å². The van der Waals surface area contributed by atoms with E-state index in [4.69, 9.17) is 4.74 Å². The topological polar surface area (TPSA) is 78.8 Å². The second kappa shape index (κ2) is 5.72. The van der Waals surface area contributed by atoms with Crippen LogP contribution in [0.3, 0.4) is 0 Å². The maximum atomic E-state index is 12.6. The van der Waals surface area contributed by atoms with Gasteiger partial charge >= 0.3 is 0 Å². The average molecular weight is 320 g/mol. The van der Waals surface area contributed by atoms with Crippen LogP contribution in [0.15, 0.2) is 12.4 Å². The molecule has 2 fully saturated rings. The minimum atomic E-state index is -0.892. The van der Waals surface area contributed by atoms with Crippen LogP contribution in [0.4, 0.5) is 5.95 Å². The molecule has 23 heavy (non-hydrogen) atoms. The zero-order valence-electron chi connectivity index (χ0n) is 13.9. The molecule has 2 aliphatic heterocycles. The Morgan fingerprint density at radius 2 is 1.78 bits per heavy atom. The number of aliphatic hydroxyl groups is 1. The van der Waals surface area contributed by atoms with Crippen LogP contribution in [0.2, 0.25) is 0 Å². The quantitative estimate of drug-likeness (QED) is 0.857. The largest absolute Gasteiger partial charge is 0.388 e. The summed E-state index contributed by atoms with van der Waals surface area (Å²) in [5.74, 6) is 0.489. The number of aromatic nitrogens is 2. The Balaban J connectivity index is 1.71. The molecule has 0 radical (unpaired) electrons. The Kier molecular flexibility index (Phi) is 4.01. The second-order valence-electron chi connectivity index (χ2n) is 7.19. The number of hydrogen-bond donors (Lipinski definition) is 1. The Labute approximate surface area is 136 Å². The van der Waals surface area contributed by atoms with Crippen LogP contribution in [0, 0.1) is 5.41 Å². The molecule has 0 bridgehead atoms. The molecule has 0 spiro atoms. The van der Waals surface area contributed by atoms with Gasteiger partial charge in [0.05, 0.1) is 30.9 Å². The van der Waals surface area contributed by atoms with Gasteiger partial charge in [-0.25, -0.2) is 9.97 Å². The lowest BCUT2D eigenvalue weighted by atomic mass is 9.79. The van der Waals surface area contributed by atoms with E-state index in [1.807, 2.05) is 18.7 Å². The first-order valence-corrected chi connectivity index (χ1v) is 7.97. The van der Waals surface area contributed by atoms with Crippen molar-refractivity contribution in [1.82, 2.24) is 14.9 Å². The number of rotatable bonds is 2. The molecule has 1 aromatic rings. The molecule has 0 aromatic carbocycles. The summed E-state index contributed by atoms with van der Waals surface area (Å²) < 4.78 is 5.31. The van der Waals surface area contributed by atoms with Crippen LogP contribution in [0.1, 0.15) is 31.1 Å². The molecule has 1 N–H and O–H groups in total. The first-order valence-electron chi connectivity index (χ1n) is 7.97. The maximum Gasteiger partial charge on any atom is 0.257 e. The van der Waals surface area contributed by atoms with Crippen molar-refractivity contribution in [1.29, 1.82) is 0 Å². The lowest BCUT2D eigenvalue weighted by molar-refractivity contribution is -0.0108. The summed E-state index contributed by atoms with van der Waals surface area (Å²) in [6.45, 7) is 9.42. The van der Waals surface area contributed by atoms with Gasteiger partial charge in [-0.2, -0.15) is 0 Å². The molecule has 1 amide bonds. The van der Waals surface area contributed by atoms with Crippen LogP contribution >= 0.6 is 0 Å². The number of nitrogens with zero attached hydrogens (tertiary/aromatic N) is 4. The van der Waals surface area contributed by atoms with Gasteiger partial charge in [0.1, 0.15) is 0 Å². The first-order chi connectivity index (χ1) is 10.8. The minimum Gasteiger partial charge on any atom is -0.388 e. The average Bonchev–Trinajstić information content (AvgIpc) is 2.76. The van der Waals surface area contributed by atoms with Crippen LogP contribution in [0.25, 0.3) is 0 Å². The van der Waals surface area contributed by atoms with Crippen molar-refractivity contribution in [3.63, 3.8) is 0 Å². The molecule has 2 saturated heterocycles. The number of morpholine rings is 1. The number of anilines is 1. The lowest BCUT2D eigenvalue weighted by Gasteiger charge is -2.30. The van der Waals surface area contributed by atoms with Crippen LogP contribution in [-0.2, 0) is 4.74 Å². The molecule has 2 aliphatic rings. The van der Waals surface area contributed by atoms with Crippen LogP contribution in [0.5, 0.6) is 0 Å². The molecule has 3 rings (SSSR count). The smallest absolute Gasteiger partial charge is 0.257 e. The second-order valence-corrected chi connectivity index (χ2v) is 7.19. The molecule has 0 saturated carbocycles. The van der Waals surface area contributed by atoms with E-state index in [1.54, 1.807) is 24.2 Å². The highest BCUT2D eigenvalue weighted by Gasteiger charge is 2.49. The molecule has 1 aromatic heterocycles. The third kappa shape index (κ3) is 3.03. The summed E-state index contributed by atoms with van der Waals surface area (Å²) in [5, 5.41) is 10.5. The molecule has 3 heterocycles. The lowest BCUT2D eigenvalue weighted by Crippen LogP contribution is -2.40. The summed E-state index contributed by atoms with van der Waals surface area (Å²) >= 11 is 0. The Bertz CT molecular complexity index is 563. The van der Waals surface area contributed by atoms with Crippen molar-refractivity contribution >= 4 is 11.9 Å². The number of hydrogen-bond acceptors (Lipinski definition) is 6. The molecule has 7 nitrogen and oxygen atoms in total. The van der Waals surface area contributed by atoms with E-state index >= 15 is 0 Å². The summed E-state index contributed by atoms with van der Waals surface area (Å²) in [4.78, 5) is 25.0. The van der Waals surface area contributed by atoms with E-state index in [2.05, 4.69) is 9.97 Å². The van der Waals surface area contributed by atoms with E-state index in [9.17, 15) is 9.90 Å². The first kappa shape index (κ1) is 16.1. The molecule has 0 unspecified atom stereocenters. The van der Waals surface area contributed by atoms with Gasteiger partial charge in [-0.1, -0.05) is 13.8 Å². The molecule has 0 aliphatic carbocycles. The van der Waals surface area contributed by atoms with E-state index in [-0.39, 0.29) is 11.3 Å². The predicted octanol–water partition coefficient (Wildman–Crippen LogP) is 0.546. The highest BCUT2D eigenvalue weighted by atomic mass is 16.5. The van der Waals surface area contributed by atoms with Gasteiger partial charge in [0.25, 0.3) is 5.91 Å². The van der Waals surface area contributed by atoms with E-state index in [0.29, 0.717) is 37.8 Å². The number of carbonyl (C=O) groups excluding carboxylic acids is 1. The van der Waals surface area contributed by atoms with Gasteiger partial charge in [0.2, 0.25) is 5.95 Å². The summed E-state index contributed by atoms with van der Waals surface area (Å²) in [6.07, 6.45) is 3.14. The molecule has 7 heteroatoms. The Hall–Kier alpha value is -1.73. The standard InChI is InChI=1S/C16H24N4O3/c1-15(2)10-20(11-16(15,3)22)13(21)12-8-17-14(18-9-12)19-4-6-23-7-5-19/h8-9,22H,4-7,10-11H2,1-3H3/t16-/m0/s1. The highest BCUT2D eigenvalue weighted by Crippen LogP contribution is 2.38. The Morgan fingerprint density at radius 3 is 2.30 bits per heavy atom. The summed E-state index contributed by atoms with van der Waals surface area (Å²) in [5.41, 5.74) is -0.773. The maximum absolute atomic E-state index is 12.6. The number of ether oxygens (including phenoxy) is 1. The van der Waals surface area contributed by atoms with Crippen molar-refractivity contribution < 1.29 is 14.6 Å².